The third-order valence-corrected chi connectivity index (χ3v) is 6.40. The maximum atomic E-state index is 12.7. The number of benzene rings is 4. The third kappa shape index (κ3) is 7.93. The number of hydrogen-bond acceptors (Lipinski definition) is 6. The number of nitrogens with one attached hydrogen (secondary N) is 1. The summed E-state index contributed by atoms with van der Waals surface area (Å²) in [6, 6.07) is 27.5. The Morgan fingerprint density at radius 2 is 1.70 bits per heavy atom. The lowest BCUT2D eigenvalue weighted by Gasteiger charge is -2.10. The van der Waals surface area contributed by atoms with Crippen LogP contribution in [0.3, 0.4) is 0 Å². The number of ether oxygens (including phenoxy) is 2. The molecule has 1 N–H and O–H groups in total. The number of carbonyl (C=O) groups excluding carboxylic acids is 1. The Labute approximate surface area is 243 Å². The second-order valence-corrected chi connectivity index (χ2v) is 9.79. The molecule has 0 saturated carbocycles. The van der Waals surface area contributed by atoms with Gasteiger partial charge in [-0.1, -0.05) is 57.9 Å². The van der Waals surface area contributed by atoms with Gasteiger partial charge in [-0.15, -0.1) is 0 Å². The average Bonchev–Trinajstić information content (AvgIpc) is 2.96. The molecular weight excluding hydrogens is 598 g/mol. The number of nitrogens with zero attached hydrogens (tertiary/aromatic N) is 2. The van der Waals surface area contributed by atoms with E-state index in [2.05, 4.69) is 21.2 Å². The molecule has 0 bridgehead atoms. The summed E-state index contributed by atoms with van der Waals surface area (Å²) < 4.78 is 12.5. The quantitative estimate of drug-likeness (QED) is 0.0842. The fraction of sp³-hybridized carbons (Fsp3) is 0.0667. The van der Waals surface area contributed by atoms with Gasteiger partial charge in [-0.25, -0.2) is 0 Å². The number of rotatable bonds is 10. The van der Waals surface area contributed by atoms with Crippen molar-refractivity contribution >= 4 is 50.9 Å². The molecule has 0 radical (unpaired) electrons. The first kappa shape index (κ1) is 28.4. The number of amides is 1. The highest BCUT2D eigenvalue weighted by Crippen LogP contribution is 2.28. The van der Waals surface area contributed by atoms with Crippen LogP contribution >= 0.6 is 27.5 Å². The second-order valence-electron chi connectivity index (χ2n) is 8.47. The number of nitro benzene ring substituents is 1. The highest BCUT2D eigenvalue weighted by atomic mass is 79.9. The number of halogens is 2. The predicted octanol–water partition coefficient (Wildman–Crippen LogP) is 7.71. The first-order chi connectivity index (χ1) is 19.3. The highest BCUT2D eigenvalue weighted by Gasteiger charge is 2.12. The van der Waals surface area contributed by atoms with Crippen molar-refractivity contribution in [2.24, 2.45) is 0 Å². The average molecular weight is 619 g/mol. The van der Waals surface area contributed by atoms with Crippen LogP contribution < -0.4 is 14.8 Å². The lowest BCUT2D eigenvalue weighted by atomic mass is 10.1. The smallest absolute Gasteiger partial charge is 0.269 e. The van der Waals surface area contributed by atoms with Crippen molar-refractivity contribution in [3.63, 3.8) is 0 Å². The first-order valence-electron chi connectivity index (χ1n) is 11.9. The topological polar surface area (TPSA) is 114 Å². The van der Waals surface area contributed by atoms with Gasteiger partial charge in [0, 0.05) is 22.3 Å². The van der Waals surface area contributed by atoms with Crippen LogP contribution in [0.5, 0.6) is 11.5 Å². The summed E-state index contributed by atoms with van der Waals surface area (Å²) >= 11 is 9.74. The number of anilines is 1. The monoisotopic (exact) mass is 617 g/mol. The summed E-state index contributed by atoms with van der Waals surface area (Å²) in [4.78, 5) is 23.2. The van der Waals surface area contributed by atoms with Crippen molar-refractivity contribution in [3.05, 3.63) is 133 Å². The zero-order valence-corrected chi connectivity index (χ0v) is 23.2. The maximum absolute atomic E-state index is 12.7. The van der Waals surface area contributed by atoms with Crippen molar-refractivity contribution in [3.8, 4) is 17.6 Å². The molecule has 0 aliphatic heterocycles. The van der Waals surface area contributed by atoms with Gasteiger partial charge in [0.1, 0.15) is 36.4 Å². The molecule has 8 nitrogen and oxygen atoms in total. The zero-order chi connectivity index (χ0) is 28.5. The first-order valence-corrected chi connectivity index (χ1v) is 13.0. The van der Waals surface area contributed by atoms with Gasteiger partial charge in [-0.3, -0.25) is 14.9 Å². The van der Waals surface area contributed by atoms with Crippen molar-refractivity contribution in [2.75, 3.05) is 5.32 Å². The molecule has 0 fully saturated rings. The Hall–Kier alpha value is -4.65. The summed E-state index contributed by atoms with van der Waals surface area (Å²) in [6.45, 7) is 0.484. The van der Waals surface area contributed by atoms with Crippen molar-refractivity contribution in [1.29, 1.82) is 5.26 Å². The van der Waals surface area contributed by atoms with Crippen molar-refractivity contribution in [1.82, 2.24) is 0 Å². The molecule has 0 unspecified atom stereocenters. The van der Waals surface area contributed by atoms with Gasteiger partial charge in [-0.05, 0) is 71.3 Å². The summed E-state index contributed by atoms with van der Waals surface area (Å²) in [7, 11) is 0. The van der Waals surface area contributed by atoms with Gasteiger partial charge in [-0.2, -0.15) is 5.26 Å². The van der Waals surface area contributed by atoms with Crippen LogP contribution in [0.1, 0.15) is 16.7 Å². The van der Waals surface area contributed by atoms with Crippen LogP contribution in [0.2, 0.25) is 5.02 Å². The Balaban J connectivity index is 1.35. The Morgan fingerprint density at radius 3 is 2.38 bits per heavy atom. The Kier molecular flexibility index (Phi) is 9.52. The molecule has 0 spiro atoms. The molecule has 1 amide bonds. The molecular formula is C30H21BrClN3O5. The summed E-state index contributed by atoms with van der Waals surface area (Å²) in [5.41, 5.74) is 2.52. The SMILES string of the molecule is N#C/C(=C\c1ccc(OCc2cccc([N+](=O)[O-])c2)c(Cl)c1)C(=O)Nc1ccc(OCc2ccc(Br)cc2)cc1. The van der Waals surface area contributed by atoms with Crippen LogP contribution in [-0.4, -0.2) is 10.8 Å². The Morgan fingerprint density at radius 1 is 0.975 bits per heavy atom. The van der Waals surface area contributed by atoms with Crippen LogP contribution in [0, 0.1) is 21.4 Å². The molecule has 4 aromatic rings. The number of hydrogen-bond donors (Lipinski definition) is 1. The van der Waals surface area contributed by atoms with Crippen molar-refractivity contribution < 1.29 is 19.2 Å². The van der Waals surface area contributed by atoms with E-state index >= 15 is 0 Å². The van der Waals surface area contributed by atoms with E-state index in [1.807, 2.05) is 30.3 Å². The molecule has 0 atom stereocenters. The molecule has 10 heteroatoms. The normalized spacial score (nSPS) is 10.9. The van der Waals surface area contributed by atoms with E-state index in [1.54, 1.807) is 54.6 Å². The fourth-order valence-corrected chi connectivity index (χ4v) is 4.05. The minimum Gasteiger partial charge on any atom is -0.489 e. The second kappa shape index (κ2) is 13.4. The van der Waals surface area contributed by atoms with E-state index in [0.29, 0.717) is 34.9 Å². The minimum atomic E-state index is -0.576. The number of nitro groups is 1. The van der Waals surface area contributed by atoms with E-state index < -0.39 is 10.8 Å². The van der Waals surface area contributed by atoms with Crippen LogP contribution in [0.15, 0.2) is 101 Å². The number of carbonyl (C=O) groups is 1. The van der Waals surface area contributed by atoms with Crippen molar-refractivity contribution in [2.45, 2.75) is 13.2 Å². The predicted molar refractivity (Wildman–Crippen MR) is 156 cm³/mol. The zero-order valence-electron chi connectivity index (χ0n) is 20.8. The number of non-ortho nitro benzene ring substituents is 1. The molecule has 40 heavy (non-hydrogen) atoms. The molecule has 4 aromatic carbocycles. The fourth-order valence-electron chi connectivity index (χ4n) is 3.54. The highest BCUT2D eigenvalue weighted by molar-refractivity contribution is 9.10. The summed E-state index contributed by atoms with van der Waals surface area (Å²) in [5.74, 6) is 0.420. The van der Waals surface area contributed by atoms with E-state index in [4.69, 9.17) is 21.1 Å². The minimum absolute atomic E-state index is 0.0315. The van der Waals surface area contributed by atoms with Crippen LogP contribution in [0.25, 0.3) is 6.08 Å². The number of nitriles is 1. The van der Waals surface area contributed by atoms with Crippen LogP contribution in [-0.2, 0) is 18.0 Å². The lowest BCUT2D eigenvalue weighted by molar-refractivity contribution is -0.384. The molecule has 0 aromatic heterocycles. The molecule has 4 rings (SSSR count). The maximum Gasteiger partial charge on any atom is 0.269 e. The van der Waals surface area contributed by atoms with E-state index in [0.717, 1.165) is 10.0 Å². The van der Waals surface area contributed by atoms with E-state index in [1.165, 1.54) is 18.2 Å². The molecule has 0 heterocycles. The van der Waals surface area contributed by atoms with Crippen LogP contribution in [0.4, 0.5) is 11.4 Å². The van der Waals surface area contributed by atoms with Gasteiger partial charge in [0.25, 0.3) is 11.6 Å². The summed E-state index contributed by atoms with van der Waals surface area (Å²) in [6.07, 6.45) is 1.42. The van der Waals surface area contributed by atoms with E-state index in [9.17, 15) is 20.2 Å². The molecule has 0 aliphatic carbocycles. The molecule has 0 aliphatic rings. The lowest BCUT2D eigenvalue weighted by Crippen LogP contribution is -2.13. The van der Waals surface area contributed by atoms with Gasteiger partial charge in [0.05, 0.1) is 9.95 Å². The van der Waals surface area contributed by atoms with Gasteiger partial charge < -0.3 is 14.8 Å². The Bertz CT molecular complexity index is 1600. The standard InChI is InChI=1S/C30H21BrClN3O5/c31-24-7-4-20(5-8-24)18-39-27-11-9-25(10-12-27)34-30(36)23(17-33)14-21-6-13-29(28(32)16-21)40-19-22-2-1-3-26(15-22)35(37)38/h1-16H,18-19H2,(H,34,36)/b23-14+. The van der Waals surface area contributed by atoms with Gasteiger partial charge in [0.2, 0.25) is 0 Å². The largest absolute Gasteiger partial charge is 0.489 e. The van der Waals surface area contributed by atoms with Gasteiger partial charge in [0.15, 0.2) is 0 Å². The van der Waals surface area contributed by atoms with E-state index in [-0.39, 0.29) is 22.9 Å². The molecule has 200 valence electrons. The third-order valence-electron chi connectivity index (χ3n) is 5.58. The summed E-state index contributed by atoms with van der Waals surface area (Å²) in [5, 5.41) is 23.5. The molecule has 0 saturated heterocycles. The van der Waals surface area contributed by atoms with Gasteiger partial charge >= 0.3 is 0 Å².